The van der Waals surface area contributed by atoms with Gasteiger partial charge in [-0.2, -0.15) is 4.98 Å². The third kappa shape index (κ3) is 7.08. The van der Waals surface area contributed by atoms with Crippen LogP contribution in [0.15, 0.2) is 53.7 Å². The molecular weight excluding hydrogens is 526 g/mol. The predicted molar refractivity (Wildman–Crippen MR) is 140 cm³/mol. The van der Waals surface area contributed by atoms with Crippen LogP contribution in [0.25, 0.3) is 0 Å². The van der Waals surface area contributed by atoms with E-state index in [2.05, 4.69) is 14.7 Å². The molecule has 0 spiro atoms. The molecule has 36 heavy (non-hydrogen) atoms. The minimum Gasteiger partial charge on any atom is -0.497 e. The molecular formula is C24H28ClN3O6S2. The molecule has 3 aromatic rings. The van der Waals surface area contributed by atoms with Gasteiger partial charge < -0.3 is 14.2 Å². The van der Waals surface area contributed by atoms with Crippen LogP contribution in [0.4, 0.5) is 5.82 Å². The Bertz CT molecular complexity index is 1340. The van der Waals surface area contributed by atoms with Crippen molar-refractivity contribution in [2.75, 3.05) is 30.4 Å². The fourth-order valence-electron chi connectivity index (χ4n) is 3.00. The van der Waals surface area contributed by atoms with Crippen molar-refractivity contribution < 1.29 is 26.8 Å². The molecule has 0 aliphatic rings. The first-order chi connectivity index (χ1) is 16.9. The molecule has 0 amide bonds. The summed E-state index contributed by atoms with van der Waals surface area (Å²) in [7, 11) is -3.66. The SMILES string of the molecule is COc1ccc(Cl)c(Oc2c(NS(=O)(=O)c3ccc(C(C)(C)C)cc3)ncnc2OCCS(C)=O)c1. The molecule has 0 aliphatic carbocycles. The van der Waals surface area contributed by atoms with Crippen LogP contribution in [0.3, 0.4) is 0 Å². The summed E-state index contributed by atoms with van der Waals surface area (Å²) in [5.74, 6) is 0.571. The van der Waals surface area contributed by atoms with Crippen molar-refractivity contribution in [1.29, 1.82) is 0 Å². The van der Waals surface area contributed by atoms with Crippen LogP contribution in [-0.2, 0) is 26.2 Å². The molecule has 12 heteroatoms. The second-order valence-electron chi connectivity index (χ2n) is 8.76. The Morgan fingerprint density at radius 1 is 1.08 bits per heavy atom. The molecule has 1 unspecified atom stereocenters. The zero-order valence-electron chi connectivity index (χ0n) is 20.6. The molecule has 0 saturated heterocycles. The first-order valence-corrected chi connectivity index (χ1v) is 14.4. The van der Waals surface area contributed by atoms with Crippen LogP contribution in [0.1, 0.15) is 26.3 Å². The predicted octanol–water partition coefficient (Wildman–Crippen LogP) is 4.79. The van der Waals surface area contributed by atoms with Gasteiger partial charge in [-0.3, -0.25) is 8.93 Å². The molecule has 194 valence electrons. The van der Waals surface area contributed by atoms with E-state index in [0.717, 1.165) is 11.9 Å². The normalized spacial score (nSPS) is 12.6. The summed E-state index contributed by atoms with van der Waals surface area (Å²) in [5.41, 5.74) is 0.859. The van der Waals surface area contributed by atoms with E-state index in [1.54, 1.807) is 30.5 Å². The molecule has 0 aliphatic heterocycles. The topological polar surface area (TPSA) is 117 Å². The monoisotopic (exact) mass is 553 g/mol. The zero-order chi connectivity index (χ0) is 26.5. The molecule has 0 fully saturated rings. The second-order valence-corrected chi connectivity index (χ2v) is 12.4. The van der Waals surface area contributed by atoms with Crippen LogP contribution in [-0.4, -0.2) is 48.3 Å². The van der Waals surface area contributed by atoms with Crippen LogP contribution in [0.2, 0.25) is 5.02 Å². The quantitative estimate of drug-likeness (QED) is 0.381. The first-order valence-electron chi connectivity index (χ1n) is 10.8. The molecule has 0 radical (unpaired) electrons. The van der Waals surface area contributed by atoms with E-state index in [1.165, 1.54) is 25.3 Å². The number of aromatic nitrogens is 2. The number of benzene rings is 2. The summed E-state index contributed by atoms with van der Waals surface area (Å²) in [6, 6.07) is 11.3. The number of halogens is 1. The summed E-state index contributed by atoms with van der Waals surface area (Å²) in [4.78, 5) is 8.20. The Kier molecular flexibility index (Phi) is 8.80. The van der Waals surface area contributed by atoms with Gasteiger partial charge in [0.05, 0.1) is 22.8 Å². The van der Waals surface area contributed by atoms with Gasteiger partial charge in [-0.25, -0.2) is 13.4 Å². The molecule has 2 aromatic carbocycles. The smallest absolute Gasteiger partial charge is 0.263 e. The van der Waals surface area contributed by atoms with E-state index >= 15 is 0 Å². The Balaban J connectivity index is 2.00. The molecule has 1 N–H and O–H groups in total. The third-order valence-electron chi connectivity index (χ3n) is 4.99. The molecule has 9 nitrogen and oxygen atoms in total. The van der Waals surface area contributed by atoms with E-state index < -0.39 is 20.8 Å². The molecule has 3 rings (SSSR count). The highest BCUT2D eigenvalue weighted by atomic mass is 35.5. The van der Waals surface area contributed by atoms with Gasteiger partial charge in [0, 0.05) is 23.1 Å². The third-order valence-corrected chi connectivity index (χ3v) is 7.40. The highest BCUT2D eigenvalue weighted by molar-refractivity contribution is 7.92. The highest BCUT2D eigenvalue weighted by Crippen LogP contribution is 2.40. The lowest BCUT2D eigenvalue weighted by molar-refractivity contribution is 0.309. The van der Waals surface area contributed by atoms with Gasteiger partial charge in [0.1, 0.15) is 24.4 Å². The van der Waals surface area contributed by atoms with Crippen LogP contribution < -0.4 is 18.9 Å². The number of nitrogens with one attached hydrogen (secondary N) is 1. The van der Waals surface area contributed by atoms with Crippen LogP contribution in [0, 0.1) is 0 Å². The van der Waals surface area contributed by atoms with Crippen molar-refractivity contribution in [3.05, 3.63) is 59.4 Å². The number of ether oxygens (including phenoxy) is 3. The number of methoxy groups -OCH3 is 1. The number of hydrogen-bond donors (Lipinski definition) is 1. The van der Waals surface area contributed by atoms with Crippen molar-refractivity contribution in [3.8, 4) is 23.1 Å². The maximum atomic E-state index is 13.2. The van der Waals surface area contributed by atoms with Gasteiger partial charge in [-0.15, -0.1) is 0 Å². The highest BCUT2D eigenvalue weighted by Gasteiger charge is 2.24. The van der Waals surface area contributed by atoms with E-state index in [0.29, 0.717) is 5.75 Å². The molecule has 1 aromatic heterocycles. The minimum absolute atomic E-state index is 0.0447. The Morgan fingerprint density at radius 2 is 1.78 bits per heavy atom. The van der Waals surface area contributed by atoms with Crippen LogP contribution >= 0.6 is 11.6 Å². The molecule has 1 heterocycles. The maximum Gasteiger partial charge on any atom is 0.263 e. The Labute approximate surface area is 218 Å². The van der Waals surface area contributed by atoms with E-state index in [9.17, 15) is 12.6 Å². The van der Waals surface area contributed by atoms with Gasteiger partial charge in [0.2, 0.25) is 5.75 Å². The number of sulfonamides is 1. The first kappa shape index (κ1) is 27.7. The van der Waals surface area contributed by atoms with Crippen molar-refractivity contribution in [1.82, 2.24) is 9.97 Å². The average Bonchev–Trinajstić information content (AvgIpc) is 2.81. The summed E-state index contributed by atoms with van der Waals surface area (Å²) >= 11 is 6.29. The number of anilines is 1. The molecule has 0 bridgehead atoms. The van der Waals surface area contributed by atoms with Crippen molar-refractivity contribution >= 4 is 38.2 Å². The lowest BCUT2D eigenvalue weighted by Crippen LogP contribution is -2.17. The van der Waals surface area contributed by atoms with Gasteiger partial charge in [-0.05, 0) is 35.2 Å². The Morgan fingerprint density at radius 3 is 2.39 bits per heavy atom. The lowest BCUT2D eigenvalue weighted by Gasteiger charge is -2.19. The van der Waals surface area contributed by atoms with Crippen molar-refractivity contribution in [2.24, 2.45) is 0 Å². The van der Waals surface area contributed by atoms with E-state index in [1.807, 2.05) is 20.8 Å². The maximum absolute atomic E-state index is 13.2. The zero-order valence-corrected chi connectivity index (χ0v) is 23.0. The van der Waals surface area contributed by atoms with Crippen molar-refractivity contribution in [3.63, 3.8) is 0 Å². The number of rotatable bonds is 10. The largest absolute Gasteiger partial charge is 0.497 e. The molecule has 0 saturated carbocycles. The van der Waals surface area contributed by atoms with Crippen molar-refractivity contribution in [2.45, 2.75) is 31.1 Å². The summed E-state index contributed by atoms with van der Waals surface area (Å²) in [6.07, 6.45) is 2.68. The van der Waals surface area contributed by atoms with Gasteiger partial charge in [0.15, 0.2) is 5.82 Å². The summed E-state index contributed by atoms with van der Waals surface area (Å²) in [6.45, 7) is 6.18. The van der Waals surface area contributed by atoms with E-state index in [4.69, 9.17) is 25.8 Å². The van der Waals surface area contributed by atoms with E-state index in [-0.39, 0.29) is 50.9 Å². The average molecular weight is 554 g/mol. The Hall–Kier alpha value is -2.89. The summed E-state index contributed by atoms with van der Waals surface area (Å²) < 4.78 is 57.1. The fraction of sp³-hybridized carbons (Fsp3) is 0.333. The lowest BCUT2D eigenvalue weighted by atomic mass is 9.87. The summed E-state index contributed by atoms with van der Waals surface area (Å²) in [5, 5.41) is 0.242. The minimum atomic E-state index is -4.05. The standard InChI is InChI=1S/C24H28ClN3O6S2/c1-24(2,3)16-6-9-18(10-7-16)36(30,31)28-22-21(23(27-15-26-22)33-12-13-35(5)29)34-20-14-17(32-4)8-11-19(20)25/h6-11,14-15H,12-13H2,1-5H3,(H,26,27,28). The van der Waals surface area contributed by atoms with Gasteiger partial charge in [0.25, 0.3) is 15.9 Å². The van der Waals surface area contributed by atoms with Gasteiger partial charge >= 0.3 is 0 Å². The molecule has 1 atom stereocenters. The van der Waals surface area contributed by atoms with Gasteiger partial charge in [-0.1, -0.05) is 44.5 Å². The number of nitrogens with zero attached hydrogens (tertiary/aromatic N) is 2. The second kappa shape index (κ2) is 11.4. The fourth-order valence-corrected chi connectivity index (χ4v) is 4.49. The number of hydrogen-bond acceptors (Lipinski definition) is 8. The van der Waals surface area contributed by atoms with Crippen LogP contribution in [0.5, 0.6) is 23.1 Å².